The van der Waals surface area contributed by atoms with Crippen LogP contribution in [0.1, 0.15) is 29.8 Å². The summed E-state index contributed by atoms with van der Waals surface area (Å²) < 4.78 is 0. The Hall–Kier alpha value is -2.41. The summed E-state index contributed by atoms with van der Waals surface area (Å²) in [5, 5.41) is 12.1. The maximum Gasteiger partial charge on any atom is 0.224 e. The maximum absolute atomic E-state index is 8.87. The highest BCUT2D eigenvalue weighted by atomic mass is 15.1. The Bertz CT molecular complexity index is 587. The molecule has 0 bridgehead atoms. The minimum atomic E-state index is 0.357. The Balaban J connectivity index is 2.03. The van der Waals surface area contributed by atoms with Crippen molar-refractivity contribution in [2.45, 2.75) is 19.8 Å². The monoisotopic (exact) mass is 252 g/mol. The van der Waals surface area contributed by atoms with E-state index < -0.39 is 0 Å². The first-order chi connectivity index (χ1) is 9.19. The van der Waals surface area contributed by atoms with Crippen molar-refractivity contribution < 1.29 is 0 Å². The summed E-state index contributed by atoms with van der Waals surface area (Å²) in [6.07, 6.45) is 0. The molecule has 1 heterocycles. The quantitative estimate of drug-likeness (QED) is 0.908. The Morgan fingerprint density at radius 2 is 2.00 bits per heavy atom. The molecule has 96 valence electrons. The first-order valence-corrected chi connectivity index (χ1v) is 6.23. The van der Waals surface area contributed by atoms with Crippen molar-refractivity contribution in [3.8, 4) is 6.07 Å². The summed E-state index contributed by atoms with van der Waals surface area (Å²) in [5.74, 6) is 0.871. The van der Waals surface area contributed by atoms with Crippen molar-refractivity contribution in [2.75, 3.05) is 11.9 Å². The summed E-state index contributed by atoms with van der Waals surface area (Å²) in [4.78, 5) is 8.41. The molecular formula is C15H16N4. The highest BCUT2D eigenvalue weighted by Gasteiger charge is 2.06. The molecule has 2 rings (SSSR count). The second-order valence-electron chi connectivity index (χ2n) is 4.52. The first kappa shape index (κ1) is 13.0. The molecule has 1 aromatic carbocycles. The third-order valence-electron chi connectivity index (χ3n) is 2.90. The van der Waals surface area contributed by atoms with E-state index in [1.807, 2.05) is 31.2 Å². The fourth-order valence-corrected chi connectivity index (χ4v) is 1.85. The second kappa shape index (κ2) is 5.96. The largest absolute Gasteiger partial charge is 0.354 e. The van der Waals surface area contributed by atoms with Gasteiger partial charge in [-0.1, -0.05) is 37.3 Å². The molecule has 0 spiro atoms. The van der Waals surface area contributed by atoms with Gasteiger partial charge in [0, 0.05) is 12.2 Å². The Labute approximate surface area is 113 Å². The number of anilines is 1. The van der Waals surface area contributed by atoms with Crippen LogP contribution in [0.4, 0.5) is 5.95 Å². The maximum atomic E-state index is 8.87. The molecule has 0 saturated heterocycles. The van der Waals surface area contributed by atoms with Gasteiger partial charge in [0.25, 0.3) is 0 Å². The molecule has 0 amide bonds. The highest BCUT2D eigenvalue weighted by molar-refractivity contribution is 5.33. The summed E-state index contributed by atoms with van der Waals surface area (Å²) in [6.45, 7) is 4.73. The van der Waals surface area contributed by atoms with E-state index in [0.29, 0.717) is 17.6 Å². The predicted octanol–water partition coefficient (Wildman–Crippen LogP) is 2.87. The van der Waals surface area contributed by atoms with Gasteiger partial charge in [-0.25, -0.2) is 9.97 Å². The van der Waals surface area contributed by atoms with Crippen LogP contribution < -0.4 is 5.32 Å². The number of benzene rings is 1. The molecule has 0 aliphatic heterocycles. The first-order valence-electron chi connectivity index (χ1n) is 6.23. The van der Waals surface area contributed by atoms with E-state index in [0.717, 1.165) is 12.2 Å². The summed E-state index contributed by atoms with van der Waals surface area (Å²) in [5.41, 5.74) is 2.45. The van der Waals surface area contributed by atoms with Gasteiger partial charge in [0.2, 0.25) is 5.95 Å². The number of aromatic nitrogens is 2. The van der Waals surface area contributed by atoms with Crippen molar-refractivity contribution in [2.24, 2.45) is 0 Å². The number of hydrogen-bond acceptors (Lipinski definition) is 4. The van der Waals surface area contributed by atoms with E-state index in [-0.39, 0.29) is 0 Å². The van der Waals surface area contributed by atoms with Gasteiger partial charge in [0.05, 0.1) is 0 Å². The fraction of sp³-hybridized carbons (Fsp3) is 0.267. The second-order valence-corrected chi connectivity index (χ2v) is 4.52. The molecule has 0 radical (unpaired) electrons. The van der Waals surface area contributed by atoms with Crippen LogP contribution in [0, 0.1) is 18.3 Å². The molecule has 1 aromatic heterocycles. The lowest BCUT2D eigenvalue weighted by Gasteiger charge is -2.13. The van der Waals surface area contributed by atoms with Crippen LogP contribution in [-0.2, 0) is 0 Å². The van der Waals surface area contributed by atoms with Crippen LogP contribution in [-0.4, -0.2) is 16.5 Å². The smallest absolute Gasteiger partial charge is 0.224 e. The molecule has 1 unspecified atom stereocenters. The zero-order chi connectivity index (χ0) is 13.7. The lowest BCUT2D eigenvalue weighted by atomic mass is 10.0. The van der Waals surface area contributed by atoms with Crippen LogP contribution in [0.15, 0.2) is 36.4 Å². The van der Waals surface area contributed by atoms with Gasteiger partial charge in [0.1, 0.15) is 11.8 Å². The molecule has 0 fully saturated rings. The number of nitriles is 1. The number of nitrogens with zero attached hydrogens (tertiary/aromatic N) is 3. The standard InChI is InChI=1S/C15H16N4/c1-11(13-6-4-3-5-7-13)10-17-15-18-12(2)8-14(9-16)19-15/h3-8,11H,10H2,1-2H3,(H,17,18,19). The van der Waals surface area contributed by atoms with E-state index in [1.54, 1.807) is 6.07 Å². The van der Waals surface area contributed by atoms with E-state index >= 15 is 0 Å². The number of nitrogens with one attached hydrogen (secondary N) is 1. The van der Waals surface area contributed by atoms with Gasteiger partial charge >= 0.3 is 0 Å². The lowest BCUT2D eigenvalue weighted by Crippen LogP contribution is -2.12. The predicted molar refractivity (Wildman–Crippen MR) is 74.8 cm³/mol. The van der Waals surface area contributed by atoms with Crippen molar-refractivity contribution in [3.63, 3.8) is 0 Å². The van der Waals surface area contributed by atoms with Crippen molar-refractivity contribution in [1.82, 2.24) is 9.97 Å². The summed E-state index contributed by atoms with van der Waals surface area (Å²) >= 11 is 0. The van der Waals surface area contributed by atoms with Gasteiger partial charge in [0.15, 0.2) is 0 Å². The van der Waals surface area contributed by atoms with Gasteiger partial charge in [-0.3, -0.25) is 0 Å². The van der Waals surface area contributed by atoms with Crippen LogP contribution in [0.2, 0.25) is 0 Å². The van der Waals surface area contributed by atoms with E-state index in [1.165, 1.54) is 5.56 Å². The van der Waals surface area contributed by atoms with Gasteiger partial charge in [-0.15, -0.1) is 0 Å². The molecule has 1 atom stereocenters. The molecule has 0 aliphatic carbocycles. The zero-order valence-corrected chi connectivity index (χ0v) is 11.1. The normalized spacial score (nSPS) is 11.6. The molecular weight excluding hydrogens is 236 g/mol. The average Bonchev–Trinajstić information content (AvgIpc) is 2.45. The fourth-order valence-electron chi connectivity index (χ4n) is 1.85. The molecule has 0 aliphatic rings. The molecule has 4 heteroatoms. The SMILES string of the molecule is Cc1cc(C#N)nc(NCC(C)c2ccccc2)n1. The summed E-state index contributed by atoms with van der Waals surface area (Å²) in [7, 11) is 0. The van der Waals surface area contributed by atoms with E-state index in [4.69, 9.17) is 5.26 Å². The van der Waals surface area contributed by atoms with Gasteiger partial charge in [-0.05, 0) is 24.5 Å². The molecule has 1 N–H and O–H groups in total. The van der Waals surface area contributed by atoms with E-state index in [9.17, 15) is 0 Å². The molecule has 4 nitrogen and oxygen atoms in total. The van der Waals surface area contributed by atoms with Crippen molar-refractivity contribution in [1.29, 1.82) is 5.26 Å². The van der Waals surface area contributed by atoms with Crippen molar-refractivity contribution in [3.05, 3.63) is 53.3 Å². The Morgan fingerprint density at radius 1 is 1.26 bits per heavy atom. The van der Waals surface area contributed by atoms with Crippen LogP contribution >= 0.6 is 0 Å². The number of rotatable bonds is 4. The Kier molecular flexibility index (Phi) is 4.09. The molecule has 2 aromatic rings. The van der Waals surface area contributed by atoms with E-state index in [2.05, 4.69) is 34.3 Å². The van der Waals surface area contributed by atoms with Crippen LogP contribution in [0.25, 0.3) is 0 Å². The zero-order valence-electron chi connectivity index (χ0n) is 11.1. The Morgan fingerprint density at radius 3 is 2.68 bits per heavy atom. The van der Waals surface area contributed by atoms with Crippen LogP contribution in [0.3, 0.4) is 0 Å². The minimum absolute atomic E-state index is 0.357. The third-order valence-corrected chi connectivity index (χ3v) is 2.90. The average molecular weight is 252 g/mol. The molecule has 19 heavy (non-hydrogen) atoms. The third kappa shape index (κ3) is 3.52. The van der Waals surface area contributed by atoms with Gasteiger partial charge < -0.3 is 5.32 Å². The topological polar surface area (TPSA) is 61.6 Å². The van der Waals surface area contributed by atoms with Crippen LogP contribution in [0.5, 0.6) is 0 Å². The highest BCUT2D eigenvalue weighted by Crippen LogP contribution is 2.15. The summed E-state index contributed by atoms with van der Waals surface area (Å²) in [6, 6.07) is 14.0. The van der Waals surface area contributed by atoms with Gasteiger partial charge in [-0.2, -0.15) is 5.26 Å². The number of aryl methyl sites for hydroxylation is 1. The van der Waals surface area contributed by atoms with Crippen molar-refractivity contribution >= 4 is 5.95 Å². The molecule has 0 saturated carbocycles. The minimum Gasteiger partial charge on any atom is -0.354 e. The lowest BCUT2D eigenvalue weighted by molar-refractivity contribution is 0.795. The number of hydrogen-bond donors (Lipinski definition) is 1.